The van der Waals surface area contributed by atoms with Gasteiger partial charge >= 0.3 is 5.97 Å². The maximum Gasteiger partial charge on any atom is 0.307 e. The van der Waals surface area contributed by atoms with Crippen LogP contribution in [0.3, 0.4) is 0 Å². The van der Waals surface area contributed by atoms with Gasteiger partial charge in [-0.15, -0.1) is 0 Å². The highest BCUT2D eigenvalue weighted by atomic mass is 16.5. The molecule has 0 heterocycles. The first-order valence-electron chi connectivity index (χ1n) is 10.1. The first-order chi connectivity index (χ1) is 14.6. The van der Waals surface area contributed by atoms with E-state index in [2.05, 4.69) is 17.9 Å². The van der Waals surface area contributed by atoms with Gasteiger partial charge < -0.3 is 14.2 Å². The van der Waals surface area contributed by atoms with Crippen LogP contribution in [-0.2, 0) is 9.53 Å². The van der Waals surface area contributed by atoms with E-state index in [0.717, 1.165) is 24.0 Å². The molecule has 1 saturated carbocycles. The number of nitrogens with zero attached hydrogens (tertiary/aromatic N) is 1. The molecule has 0 amide bonds. The molecule has 5 heteroatoms. The number of rotatable bonds is 6. The van der Waals surface area contributed by atoms with Crippen LogP contribution in [0.25, 0.3) is 0 Å². The standard InChI is InChI=1S/C25H25NO4/c1-28-23-14-13-20(15-24(23)30-22-5-3-4-6-22)21(16-25(27)29-2)12-11-18-7-9-19(17-26)10-8-18/h7-10,13-15,21-22H,3-6,16H2,1-2H3/t21-/m0/s1. The summed E-state index contributed by atoms with van der Waals surface area (Å²) >= 11 is 0. The fourth-order valence-electron chi connectivity index (χ4n) is 3.49. The van der Waals surface area contributed by atoms with Crippen LogP contribution in [0.4, 0.5) is 0 Å². The molecule has 2 aromatic carbocycles. The molecular weight excluding hydrogens is 378 g/mol. The summed E-state index contributed by atoms with van der Waals surface area (Å²) in [4.78, 5) is 12.0. The number of methoxy groups -OCH3 is 2. The zero-order chi connectivity index (χ0) is 21.3. The maximum atomic E-state index is 12.0. The van der Waals surface area contributed by atoms with Gasteiger partial charge in [-0.2, -0.15) is 5.26 Å². The van der Waals surface area contributed by atoms with Gasteiger partial charge in [0.05, 0.1) is 44.3 Å². The van der Waals surface area contributed by atoms with E-state index in [4.69, 9.17) is 19.5 Å². The van der Waals surface area contributed by atoms with Crippen molar-refractivity contribution < 1.29 is 19.0 Å². The Morgan fingerprint density at radius 1 is 1.07 bits per heavy atom. The number of benzene rings is 2. The molecular formula is C25H25NO4. The third kappa shape index (κ3) is 5.55. The molecule has 3 rings (SSSR count). The van der Waals surface area contributed by atoms with Gasteiger partial charge in [-0.05, 0) is 67.6 Å². The molecule has 0 bridgehead atoms. The van der Waals surface area contributed by atoms with Crippen LogP contribution < -0.4 is 9.47 Å². The van der Waals surface area contributed by atoms with E-state index < -0.39 is 0 Å². The van der Waals surface area contributed by atoms with Gasteiger partial charge in [0, 0.05) is 5.56 Å². The fraction of sp³-hybridized carbons (Fsp3) is 0.360. The van der Waals surface area contributed by atoms with Gasteiger partial charge in [0.2, 0.25) is 0 Å². The van der Waals surface area contributed by atoms with Crippen molar-refractivity contribution in [3.05, 3.63) is 59.2 Å². The second-order valence-corrected chi connectivity index (χ2v) is 7.23. The van der Waals surface area contributed by atoms with Gasteiger partial charge in [-0.3, -0.25) is 4.79 Å². The molecule has 1 atom stereocenters. The molecule has 0 aromatic heterocycles. The predicted molar refractivity (Wildman–Crippen MR) is 113 cm³/mol. The van der Waals surface area contributed by atoms with Crippen molar-refractivity contribution in [1.82, 2.24) is 0 Å². The highest BCUT2D eigenvalue weighted by Crippen LogP contribution is 2.35. The molecule has 5 nitrogen and oxygen atoms in total. The van der Waals surface area contributed by atoms with Gasteiger partial charge in [-0.25, -0.2) is 0 Å². The Morgan fingerprint density at radius 2 is 1.77 bits per heavy atom. The lowest BCUT2D eigenvalue weighted by Gasteiger charge is -2.18. The minimum absolute atomic E-state index is 0.134. The summed E-state index contributed by atoms with van der Waals surface area (Å²) in [5.74, 6) is 6.95. The van der Waals surface area contributed by atoms with Gasteiger partial charge in [-0.1, -0.05) is 17.9 Å². The van der Waals surface area contributed by atoms with E-state index in [1.54, 1.807) is 31.4 Å². The number of carbonyl (C=O) groups is 1. The van der Waals surface area contributed by atoms with Crippen molar-refractivity contribution in [2.24, 2.45) is 0 Å². The summed E-state index contributed by atoms with van der Waals surface area (Å²) in [5, 5.41) is 8.93. The number of nitriles is 1. The Labute approximate surface area is 177 Å². The summed E-state index contributed by atoms with van der Waals surface area (Å²) in [5.41, 5.74) is 2.23. The lowest BCUT2D eigenvalue weighted by Crippen LogP contribution is -2.12. The summed E-state index contributed by atoms with van der Waals surface area (Å²) in [7, 11) is 2.99. The summed E-state index contributed by atoms with van der Waals surface area (Å²) in [6, 6.07) is 14.8. The lowest BCUT2D eigenvalue weighted by atomic mass is 9.95. The molecule has 0 saturated heterocycles. The van der Waals surface area contributed by atoms with Crippen molar-refractivity contribution in [2.45, 2.75) is 44.1 Å². The Balaban J connectivity index is 1.89. The van der Waals surface area contributed by atoms with Crippen LogP contribution in [0.1, 0.15) is 54.7 Å². The molecule has 0 radical (unpaired) electrons. The summed E-state index contributed by atoms with van der Waals surface area (Å²) < 4.78 is 16.5. The Hall–Kier alpha value is -3.44. The second-order valence-electron chi connectivity index (χ2n) is 7.23. The average molecular weight is 403 g/mol. The monoisotopic (exact) mass is 403 g/mol. The summed E-state index contributed by atoms with van der Waals surface area (Å²) in [6.07, 6.45) is 4.75. The van der Waals surface area contributed by atoms with Crippen LogP contribution in [-0.4, -0.2) is 26.3 Å². The van der Waals surface area contributed by atoms with E-state index in [-0.39, 0.29) is 24.4 Å². The molecule has 0 aliphatic heterocycles. The average Bonchev–Trinajstić information content (AvgIpc) is 3.29. The zero-order valence-electron chi connectivity index (χ0n) is 17.3. The molecule has 0 N–H and O–H groups in total. The van der Waals surface area contributed by atoms with Gasteiger partial charge in [0.25, 0.3) is 0 Å². The molecule has 154 valence electrons. The molecule has 1 aliphatic rings. The largest absolute Gasteiger partial charge is 0.493 e. The normalized spacial score (nSPS) is 14.2. The Bertz CT molecular complexity index is 973. The van der Waals surface area contributed by atoms with Crippen LogP contribution >= 0.6 is 0 Å². The van der Waals surface area contributed by atoms with E-state index >= 15 is 0 Å². The van der Waals surface area contributed by atoms with Gasteiger partial charge in [0.15, 0.2) is 11.5 Å². The number of hydrogen-bond acceptors (Lipinski definition) is 5. The molecule has 0 spiro atoms. The minimum Gasteiger partial charge on any atom is -0.493 e. The lowest BCUT2D eigenvalue weighted by molar-refractivity contribution is -0.140. The van der Waals surface area contributed by atoms with E-state index in [1.165, 1.54) is 20.0 Å². The predicted octanol–water partition coefficient (Wildman–Crippen LogP) is 4.59. The minimum atomic E-state index is -0.357. The van der Waals surface area contributed by atoms with Crippen molar-refractivity contribution in [2.75, 3.05) is 14.2 Å². The molecule has 1 aliphatic carbocycles. The second kappa shape index (κ2) is 10.4. The summed E-state index contributed by atoms with van der Waals surface area (Å²) in [6.45, 7) is 0. The van der Waals surface area contributed by atoms with Crippen molar-refractivity contribution in [3.63, 3.8) is 0 Å². The highest BCUT2D eigenvalue weighted by molar-refractivity contribution is 5.71. The smallest absolute Gasteiger partial charge is 0.307 e. The maximum absolute atomic E-state index is 12.0. The quantitative estimate of drug-likeness (QED) is 0.521. The van der Waals surface area contributed by atoms with Gasteiger partial charge in [0.1, 0.15) is 0 Å². The first kappa shape index (κ1) is 21.3. The molecule has 1 fully saturated rings. The number of hydrogen-bond donors (Lipinski definition) is 0. The van der Waals surface area contributed by atoms with Crippen LogP contribution in [0.2, 0.25) is 0 Å². The SMILES string of the molecule is COC(=O)C[C@H](C#Cc1ccc(C#N)cc1)c1ccc(OC)c(OC2CCCC2)c1. The first-order valence-corrected chi connectivity index (χ1v) is 10.1. The Morgan fingerprint density at radius 3 is 2.40 bits per heavy atom. The van der Waals surface area contributed by atoms with E-state index in [9.17, 15) is 4.79 Å². The third-order valence-electron chi connectivity index (χ3n) is 5.19. The van der Waals surface area contributed by atoms with Crippen LogP contribution in [0.15, 0.2) is 42.5 Å². The van der Waals surface area contributed by atoms with Crippen molar-refractivity contribution in [1.29, 1.82) is 5.26 Å². The van der Waals surface area contributed by atoms with Crippen molar-refractivity contribution in [3.8, 4) is 29.4 Å². The number of esters is 1. The molecule has 30 heavy (non-hydrogen) atoms. The Kier molecular flexibility index (Phi) is 7.35. The van der Waals surface area contributed by atoms with E-state index in [1.807, 2.05) is 18.2 Å². The molecule has 2 aromatic rings. The number of carbonyl (C=O) groups excluding carboxylic acids is 1. The highest BCUT2D eigenvalue weighted by Gasteiger charge is 2.21. The van der Waals surface area contributed by atoms with Crippen molar-refractivity contribution >= 4 is 5.97 Å². The fourth-order valence-corrected chi connectivity index (χ4v) is 3.49. The topological polar surface area (TPSA) is 68.6 Å². The van der Waals surface area contributed by atoms with Crippen LogP contribution in [0, 0.1) is 23.2 Å². The van der Waals surface area contributed by atoms with E-state index in [0.29, 0.717) is 17.1 Å². The molecule has 0 unspecified atom stereocenters. The third-order valence-corrected chi connectivity index (χ3v) is 5.19. The van der Waals surface area contributed by atoms with Crippen LogP contribution in [0.5, 0.6) is 11.5 Å². The number of ether oxygens (including phenoxy) is 3. The zero-order valence-corrected chi connectivity index (χ0v) is 17.3.